The number of aromatic nitrogens is 1. The quantitative estimate of drug-likeness (QED) is 0.769. The molecule has 20 heavy (non-hydrogen) atoms. The third-order valence-corrected chi connectivity index (χ3v) is 3.97. The van der Waals surface area contributed by atoms with Crippen LogP contribution in [0.4, 0.5) is 0 Å². The number of para-hydroxylation sites is 1. The van der Waals surface area contributed by atoms with Gasteiger partial charge in [0.2, 0.25) is 10.0 Å². The van der Waals surface area contributed by atoms with Gasteiger partial charge in [0.05, 0.1) is 17.5 Å². The van der Waals surface area contributed by atoms with E-state index in [1.165, 1.54) is 10.2 Å². The fraction of sp³-hybridized carbons (Fsp3) is 0.429. The van der Waals surface area contributed by atoms with E-state index in [1.807, 2.05) is 32.0 Å². The Morgan fingerprint density at radius 1 is 1.15 bits per heavy atom. The van der Waals surface area contributed by atoms with Crippen molar-refractivity contribution in [2.24, 2.45) is 0 Å². The van der Waals surface area contributed by atoms with Gasteiger partial charge in [-0.2, -0.15) is 0 Å². The molecule has 0 aliphatic heterocycles. The van der Waals surface area contributed by atoms with Crippen molar-refractivity contribution in [2.45, 2.75) is 20.1 Å². The molecule has 6 heteroatoms. The normalized spacial score (nSPS) is 12.4. The molecule has 1 aromatic heterocycles. The smallest absolute Gasteiger partial charge is 0.236 e. The zero-order valence-corrected chi connectivity index (χ0v) is 12.7. The zero-order chi connectivity index (χ0) is 14.8. The van der Waals surface area contributed by atoms with Gasteiger partial charge in [-0.1, -0.05) is 18.2 Å². The lowest BCUT2D eigenvalue weighted by molar-refractivity contribution is -0.142. The number of ether oxygens (including phenoxy) is 2. The molecule has 0 bridgehead atoms. The third kappa shape index (κ3) is 2.87. The fourth-order valence-corrected chi connectivity index (χ4v) is 3.25. The Balaban J connectivity index is 2.67. The van der Waals surface area contributed by atoms with Crippen LogP contribution in [0.15, 0.2) is 30.3 Å². The highest BCUT2D eigenvalue weighted by molar-refractivity contribution is 7.89. The summed E-state index contributed by atoms with van der Waals surface area (Å²) < 4.78 is 36.5. The van der Waals surface area contributed by atoms with E-state index < -0.39 is 16.3 Å². The molecule has 5 nitrogen and oxygen atoms in total. The summed E-state index contributed by atoms with van der Waals surface area (Å²) in [5, 5.41) is 0.845. The van der Waals surface area contributed by atoms with Gasteiger partial charge < -0.3 is 9.47 Å². The molecule has 0 spiro atoms. The van der Waals surface area contributed by atoms with Crippen LogP contribution in [-0.4, -0.2) is 31.9 Å². The van der Waals surface area contributed by atoms with Gasteiger partial charge in [0.25, 0.3) is 0 Å². The molecule has 2 rings (SSSR count). The SMILES string of the molecule is CCOC(OCC)c1cc2ccccc2n1S(C)(=O)=O. The summed E-state index contributed by atoms with van der Waals surface area (Å²) in [5.74, 6) is 0. The van der Waals surface area contributed by atoms with Gasteiger partial charge in [-0.05, 0) is 26.0 Å². The standard InChI is InChI=1S/C14H19NO4S/c1-4-18-14(19-5-2)13-10-11-8-6-7-9-12(11)15(13)20(3,16)17/h6-10,14H,4-5H2,1-3H3. The summed E-state index contributed by atoms with van der Waals surface area (Å²) in [6.07, 6.45) is 0.491. The summed E-state index contributed by atoms with van der Waals surface area (Å²) in [7, 11) is -3.44. The Morgan fingerprint density at radius 2 is 1.75 bits per heavy atom. The molecule has 0 fully saturated rings. The minimum Gasteiger partial charge on any atom is -0.347 e. The molecule has 0 aliphatic carbocycles. The molecule has 0 aliphatic rings. The van der Waals surface area contributed by atoms with Gasteiger partial charge in [0.1, 0.15) is 0 Å². The number of rotatable bonds is 6. The highest BCUT2D eigenvalue weighted by Crippen LogP contribution is 2.28. The summed E-state index contributed by atoms with van der Waals surface area (Å²) in [6.45, 7) is 4.57. The van der Waals surface area contributed by atoms with Crippen molar-refractivity contribution in [3.8, 4) is 0 Å². The van der Waals surface area contributed by atoms with Gasteiger partial charge in [-0.15, -0.1) is 0 Å². The zero-order valence-electron chi connectivity index (χ0n) is 11.9. The molecule has 0 saturated carbocycles. The average molecular weight is 297 g/mol. The lowest BCUT2D eigenvalue weighted by Crippen LogP contribution is -2.19. The number of hydrogen-bond donors (Lipinski definition) is 0. The second kappa shape index (κ2) is 5.95. The van der Waals surface area contributed by atoms with E-state index in [0.717, 1.165) is 5.39 Å². The molecule has 1 aromatic carbocycles. The van der Waals surface area contributed by atoms with E-state index >= 15 is 0 Å². The average Bonchev–Trinajstić information content (AvgIpc) is 2.77. The molecule has 0 saturated heterocycles. The maximum Gasteiger partial charge on any atom is 0.236 e. The number of nitrogens with zero attached hydrogens (tertiary/aromatic N) is 1. The second-order valence-electron chi connectivity index (χ2n) is 4.40. The predicted octanol–water partition coefficient (Wildman–Crippen LogP) is 2.52. The largest absolute Gasteiger partial charge is 0.347 e. The fourth-order valence-electron chi connectivity index (χ4n) is 2.21. The molecule has 0 amide bonds. The van der Waals surface area contributed by atoms with Crippen LogP contribution in [0.5, 0.6) is 0 Å². The molecule has 1 heterocycles. The Kier molecular flexibility index (Phi) is 4.47. The van der Waals surface area contributed by atoms with Crippen LogP contribution in [0.1, 0.15) is 25.8 Å². The second-order valence-corrected chi connectivity index (χ2v) is 6.23. The summed E-state index contributed by atoms with van der Waals surface area (Å²) >= 11 is 0. The Morgan fingerprint density at radius 3 is 2.30 bits per heavy atom. The van der Waals surface area contributed by atoms with Crippen molar-refractivity contribution in [3.63, 3.8) is 0 Å². The van der Waals surface area contributed by atoms with Crippen molar-refractivity contribution in [1.29, 1.82) is 0 Å². The molecule has 110 valence electrons. The minimum absolute atomic E-state index is 0.440. The van der Waals surface area contributed by atoms with Crippen LogP contribution in [0.3, 0.4) is 0 Å². The summed E-state index contributed by atoms with van der Waals surface area (Å²) in [4.78, 5) is 0. The molecular formula is C14H19NO4S. The highest BCUT2D eigenvalue weighted by Gasteiger charge is 2.23. The van der Waals surface area contributed by atoms with Gasteiger partial charge in [0, 0.05) is 18.6 Å². The molecule has 2 aromatic rings. The van der Waals surface area contributed by atoms with Gasteiger partial charge in [-0.3, -0.25) is 0 Å². The maximum atomic E-state index is 12.1. The first-order valence-electron chi connectivity index (χ1n) is 6.53. The number of benzene rings is 1. The molecular weight excluding hydrogens is 278 g/mol. The van der Waals surface area contributed by atoms with Crippen molar-refractivity contribution in [1.82, 2.24) is 3.97 Å². The van der Waals surface area contributed by atoms with E-state index in [9.17, 15) is 8.42 Å². The monoisotopic (exact) mass is 297 g/mol. The lowest BCUT2D eigenvalue weighted by Gasteiger charge is -2.18. The number of hydrogen-bond acceptors (Lipinski definition) is 4. The van der Waals surface area contributed by atoms with Gasteiger partial charge >= 0.3 is 0 Å². The van der Waals surface area contributed by atoms with Crippen LogP contribution < -0.4 is 0 Å². The van der Waals surface area contributed by atoms with E-state index in [-0.39, 0.29) is 0 Å². The van der Waals surface area contributed by atoms with Crippen LogP contribution in [0, 0.1) is 0 Å². The Hall–Kier alpha value is -1.37. The van der Waals surface area contributed by atoms with Crippen LogP contribution in [-0.2, 0) is 19.5 Å². The molecule has 0 atom stereocenters. The topological polar surface area (TPSA) is 57.5 Å². The first-order chi connectivity index (χ1) is 9.49. The van der Waals surface area contributed by atoms with E-state index in [2.05, 4.69) is 0 Å². The first-order valence-corrected chi connectivity index (χ1v) is 8.38. The highest BCUT2D eigenvalue weighted by atomic mass is 32.2. The molecule has 0 N–H and O–H groups in total. The summed E-state index contributed by atoms with van der Waals surface area (Å²) in [6, 6.07) is 9.12. The molecule has 0 unspecified atom stereocenters. The number of fused-ring (bicyclic) bond motifs is 1. The predicted molar refractivity (Wildman–Crippen MR) is 78.2 cm³/mol. The van der Waals surface area contributed by atoms with Crippen LogP contribution in [0.2, 0.25) is 0 Å². The Bertz CT molecular complexity index is 684. The molecule has 0 radical (unpaired) electrons. The van der Waals surface area contributed by atoms with Crippen molar-refractivity contribution in [2.75, 3.05) is 19.5 Å². The van der Waals surface area contributed by atoms with Crippen LogP contribution in [0.25, 0.3) is 10.9 Å². The van der Waals surface area contributed by atoms with Gasteiger partial charge in [-0.25, -0.2) is 12.4 Å². The van der Waals surface area contributed by atoms with E-state index in [1.54, 1.807) is 12.1 Å². The Labute approximate surface area is 119 Å². The van der Waals surface area contributed by atoms with E-state index in [4.69, 9.17) is 9.47 Å². The maximum absolute atomic E-state index is 12.1. The first kappa shape index (κ1) is 15.0. The van der Waals surface area contributed by atoms with Crippen molar-refractivity contribution < 1.29 is 17.9 Å². The van der Waals surface area contributed by atoms with Crippen LogP contribution >= 0.6 is 0 Å². The van der Waals surface area contributed by atoms with Crippen molar-refractivity contribution >= 4 is 20.9 Å². The summed E-state index contributed by atoms with van der Waals surface area (Å²) in [5.41, 5.74) is 1.13. The van der Waals surface area contributed by atoms with E-state index in [0.29, 0.717) is 24.4 Å². The third-order valence-electron chi connectivity index (χ3n) is 2.90. The lowest BCUT2D eigenvalue weighted by atomic mass is 10.2. The van der Waals surface area contributed by atoms with Gasteiger partial charge in [0.15, 0.2) is 6.29 Å². The van der Waals surface area contributed by atoms with Crippen molar-refractivity contribution in [3.05, 3.63) is 36.0 Å². The minimum atomic E-state index is -3.44.